The zero-order valence-corrected chi connectivity index (χ0v) is 9.83. The standard InChI is InChI=1S/C9H5BrN4O3/c10-7-1-6(14(4-15)13-7)8-11-2-5(3-12-8)9(16)17/h1-4H,(H,16,17). The molecule has 0 aliphatic rings. The number of aromatic carboxylic acids is 1. The second kappa shape index (κ2) is 4.42. The number of carboxylic acids is 1. The smallest absolute Gasteiger partial charge is 0.338 e. The molecule has 0 saturated carbocycles. The molecule has 0 fully saturated rings. The first-order valence-electron chi connectivity index (χ1n) is 4.38. The zero-order valence-electron chi connectivity index (χ0n) is 8.24. The molecule has 86 valence electrons. The van der Waals surface area contributed by atoms with Crippen LogP contribution in [0.15, 0.2) is 23.1 Å². The molecular formula is C9H5BrN4O3. The summed E-state index contributed by atoms with van der Waals surface area (Å²) in [6.07, 6.45) is 2.84. The molecule has 2 aromatic rings. The van der Waals surface area contributed by atoms with E-state index in [1.807, 2.05) is 0 Å². The number of aromatic nitrogens is 4. The maximum absolute atomic E-state index is 10.7. The molecule has 0 saturated heterocycles. The second-order valence-electron chi connectivity index (χ2n) is 3.00. The van der Waals surface area contributed by atoms with E-state index in [9.17, 15) is 9.59 Å². The third-order valence-electron chi connectivity index (χ3n) is 1.93. The van der Waals surface area contributed by atoms with Crippen LogP contribution in [0, 0.1) is 0 Å². The Balaban J connectivity index is 2.46. The first kappa shape index (κ1) is 11.4. The van der Waals surface area contributed by atoms with Gasteiger partial charge in [-0.2, -0.15) is 9.78 Å². The van der Waals surface area contributed by atoms with E-state index in [4.69, 9.17) is 5.11 Å². The van der Waals surface area contributed by atoms with Crippen molar-refractivity contribution in [3.63, 3.8) is 0 Å². The Labute approximate surface area is 103 Å². The lowest BCUT2D eigenvalue weighted by molar-refractivity contribution is 0.0696. The minimum atomic E-state index is -1.11. The lowest BCUT2D eigenvalue weighted by atomic mass is 10.3. The third-order valence-corrected chi connectivity index (χ3v) is 2.32. The Kier molecular flexibility index (Phi) is 2.96. The van der Waals surface area contributed by atoms with E-state index in [0.29, 0.717) is 16.7 Å². The highest BCUT2D eigenvalue weighted by atomic mass is 79.9. The van der Waals surface area contributed by atoms with Crippen molar-refractivity contribution < 1.29 is 14.7 Å². The molecule has 7 nitrogen and oxygen atoms in total. The van der Waals surface area contributed by atoms with Gasteiger partial charge in [0.25, 0.3) is 0 Å². The number of carboxylic acid groups (broad SMARTS) is 1. The average Bonchev–Trinajstić information content (AvgIpc) is 2.70. The Hall–Kier alpha value is -2.09. The summed E-state index contributed by atoms with van der Waals surface area (Å²) in [5, 5.41) is 12.5. The molecule has 17 heavy (non-hydrogen) atoms. The molecular weight excluding hydrogens is 292 g/mol. The molecule has 0 aliphatic carbocycles. The van der Waals surface area contributed by atoms with Crippen molar-refractivity contribution in [2.24, 2.45) is 0 Å². The zero-order chi connectivity index (χ0) is 12.4. The molecule has 0 spiro atoms. The predicted molar refractivity (Wildman–Crippen MR) is 60.1 cm³/mol. The summed E-state index contributed by atoms with van der Waals surface area (Å²) >= 11 is 3.12. The Morgan fingerprint density at radius 3 is 2.59 bits per heavy atom. The highest BCUT2D eigenvalue weighted by molar-refractivity contribution is 9.10. The number of hydrogen-bond donors (Lipinski definition) is 1. The molecule has 2 rings (SSSR count). The molecule has 0 aliphatic heterocycles. The van der Waals surface area contributed by atoms with E-state index < -0.39 is 5.97 Å². The topological polar surface area (TPSA) is 98.0 Å². The van der Waals surface area contributed by atoms with Crippen molar-refractivity contribution in [1.82, 2.24) is 19.7 Å². The minimum Gasteiger partial charge on any atom is -0.478 e. The van der Waals surface area contributed by atoms with E-state index >= 15 is 0 Å². The monoisotopic (exact) mass is 296 g/mol. The quantitative estimate of drug-likeness (QED) is 0.843. The van der Waals surface area contributed by atoms with Crippen LogP contribution in [-0.4, -0.2) is 37.2 Å². The normalized spacial score (nSPS) is 10.2. The molecule has 0 unspecified atom stereocenters. The van der Waals surface area contributed by atoms with Crippen LogP contribution in [0.3, 0.4) is 0 Å². The summed E-state index contributed by atoms with van der Waals surface area (Å²) < 4.78 is 1.52. The number of halogens is 1. The van der Waals surface area contributed by atoms with Gasteiger partial charge in [0, 0.05) is 18.5 Å². The summed E-state index contributed by atoms with van der Waals surface area (Å²) in [6.45, 7) is 0. The SMILES string of the molecule is O=Cn1nc(Br)cc1-c1ncc(C(=O)O)cn1. The fourth-order valence-electron chi connectivity index (χ4n) is 1.18. The van der Waals surface area contributed by atoms with Gasteiger partial charge in [0.2, 0.25) is 6.41 Å². The van der Waals surface area contributed by atoms with Gasteiger partial charge < -0.3 is 5.11 Å². The molecule has 2 aromatic heterocycles. The van der Waals surface area contributed by atoms with E-state index in [1.165, 1.54) is 12.4 Å². The highest BCUT2D eigenvalue weighted by Gasteiger charge is 2.12. The lowest BCUT2D eigenvalue weighted by Gasteiger charge is -1.99. The van der Waals surface area contributed by atoms with Crippen LogP contribution in [0.5, 0.6) is 0 Å². The maximum Gasteiger partial charge on any atom is 0.338 e. The molecule has 0 bridgehead atoms. The fraction of sp³-hybridized carbons (Fsp3) is 0. The van der Waals surface area contributed by atoms with Gasteiger partial charge in [-0.25, -0.2) is 14.8 Å². The third kappa shape index (κ3) is 2.21. The summed E-state index contributed by atoms with van der Waals surface area (Å²) in [5.74, 6) is -0.887. The largest absolute Gasteiger partial charge is 0.478 e. The van der Waals surface area contributed by atoms with E-state index in [0.717, 1.165) is 4.68 Å². The van der Waals surface area contributed by atoms with Crippen LogP contribution < -0.4 is 0 Å². The molecule has 1 N–H and O–H groups in total. The lowest BCUT2D eigenvalue weighted by Crippen LogP contribution is -2.04. The number of carbonyl (C=O) groups excluding carboxylic acids is 1. The van der Waals surface area contributed by atoms with Gasteiger partial charge >= 0.3 is 5.97 Å². The van der Waals surface area contributed by atoms with Crippen LogP contribution in [0.4, 0.5) is 0 Å². The molecule has 0 amide bonds. The Morgan fingerprint density at radius 1 is 1.41 bits per heavy atom. The van der Waals surface area contributed by atoms with Gasteiger partial charge in [-0.15, -0.1) is 0 Å². The van der Waals surface area contributed by atoms with Gasteiger partial charge in [0.05, 0.1) is 5.56 Å². The summed E-state index contributed by atoms with van der Waals surface area (Å²) in [6, 6.07) is 1.56. The number of carbonyl (C=O) groups is 2. The predicted octanol–water partition coefficient (Wildman–Crippen LogP) is 0.839. The van der Waals surface area contributed by atoms with Crippen molar-refractivity contribution in [2.45, 2.75) is 0 Å². The average molecular weight is 297 g/mol. The van der Waals surface area contributed by atoms with Crippen molar-refractivity contribution in [3.8, 4) is 11.5 Å². The summed E-state index contributed by atoms with van der Waals surface area (Å²) in [7, 11) is 0. The van der Waals surface area contributed by atoms with Crippen LogP contribution in [0.2, 0.25) is 0 Å². The Morgan fingerprint density at radius 2 is 2.06 bits per heavy atom. The van der Waals surface area contributed by atoms with Gasteiger partial charge in [-0.3, -0.25) is 4.79 Å². The van der Waals surface area contributed by atoms with Gasteiger partial charge in [-0.05, 0) is 15.9 Å². The van der Waals surface area contributed by atoms with Crippen LogP contribution in [0.1, 0.15) is 10.4 Å². The maximum atomic E-state index is 10.7. The van der Waals surface area contributed by atoms with Crippen molar-refractivity contribution >= 4 is 28.3 Å². The van der Waals surface area contributed by atoms with Crippen molar-refractivity contribution in [1.29, 1.82) is 0 Å². The highest BCUT2D eigenvalue weighted by Crippen LogP contribution is 2.18. The van der Waals surface area contributed by atoms with E-state index in [-0.39, 0.29) is 11.4 Å². The summed E-state index contributed by atoms with van der Waals surface area (Å²) in [4.78, 5) is 29.1. The number of rotatable bonds is 3. The molecule has 0 atom stereocenters. The Bertz CT molecular complexity index is 578. The van der Waals surface area contributed by atoms with E-state index in [2.05, 4.69) is 31.0 Å². The van der Waals surface area contributed by atoms with Crippen LogP contribution >= 0.6 is 15.9 Å². The first-order valence-corrected chi connectivity index (χ1v) is 5.17. The van der Waals surface area contributed by atoms with Gasteiger partial charge in [0.1, 0.15) is 10.3 Å². The van der Waals surface area contributed by atoms with Crippen LogP contribution in [0.25, 0.3) is 11.5 Å². The fourth-order valence-corrected chi connectivity index (χ4v) is 1.57. The minimum absolute atomic E-state index is 0.0232. The molecule has 2 heterocycles. The van der Waals surface area contributed by atoms with E-state index in [1.54, 1.807) is 6.07 Å². The number of nitrogens with zero attached hydrogens (tertiary/aromatic N) is 4. The van der Waals surface area contributed by atoms with Gasteiger partial charge in [0.15, 0.2) is 5.82 Å². The van der Waals surface area contributed by atoms with Crippen molar-refractivity contribution in [2.75, 3.05) is 0 Å². The van der Waals surface area contributed by atoms with Crippen molar-refractivity contribution in [3.05, 3.63) is 28.6 Å². The van der Waals surface area contributed by atoms with Crippen LogP contribution in [-0.2, 0) is 4.79 Å². The summed E-state index contributed by atoms with van der Waals surface area (Å²) in [5.41, 5.74) is 0.355. The molecule has 8 heteroatoms. The molecule has 0 radical (unpaired) electrons. The number of hydrogen-bond acceptors (Lipinski definition) is 5. The first-order chi connectivity index (χ1) is 8.11. The second-order valence-corrected chi connectivity index (χ2v) is 3.82. The molecule has 0 aromatic carbocycles. The van der Waals surface area contributed by atoms with Gasteiger partial charge in [-0.1, -0.05) is 0 Å².